The highest BCUT2D eigenvalue weighted by molar-refractivity contribution is 7.99. The molecule has 1 aromatic rings. The summed E-state index contributed by atoms with van der Waals surface area (Å²) in [4.78, 5) is 12.2. The van der Waals surface area contributed by atoms with Crippen molar-refractivity contribution < 1.29 is 4.79 Å². The van der Waals surface area contributed by atoms with Gasteiger partial charge in [-0.2, -0.15) is 11.8 Å². The first-order valence-corrected chi connectivity index (χ1v) is 8.50. The van der Waals surface area contributed by atoms with Crippen LogP contribution >= 0.6 is 11.8 Å². The van der Waals surface area contributed by atoms with Crippen molar-refractivity contribution in [1.82, 2.24) is 5.32 Å². The number of benzene rings is 1. The summed E-state index contributed by atoms with van der Waals surface area (Å²) in [5.41, 5.74) is 7.20. The Kier molecular flexibility index (Phi) is 5.92. The van der Waals surface area contributed by atoms with Gasteiger partial charge in [0.15, 0.2) is 0 Å². The number of carbonyl (C=O) groups excluding carboxylic acids is 1. The Morgan fingerprint density at radius 3 is 2.65 bits per heavy atom. The van der Waals surface area contributed by atoms with Gasteiger partial charge >= 0.3 is 0 Å². The topological polar surface area (TPSA) is 55.1 Å². The maximum absolute atomic E-state index is 12.2. The van der Waals surface area contributed by atoms with Gasteiger partial charge in [-0.15, -0.1) is 0 Å². The van der Waals surface area contributed by atoms with E-state index in [1.54, 1.807) is 0 Å². The number of rotatable bonds is 5. The number of carbonyl (C=O) groups is 1. The van der Waals surface area contributed by atoms with E-state index in [1.165, 1.54) is 24.3 Å². The molecule has 0 radical (unpaired) electrons. The van der Waals surface area contributed by atoms with E-state index in [-0.39, 0.29) is 17.9 Å². The molecule has 2 rings (SSSR count). The maximum atomic E-state index is 12.2. The lowest BCUT2D eigenvalue weighted by atomic mass is 9.94. The quantitative estimate of drug-likeness (QED) is 0.877. The van der Waals surface area contributed by atoms with Gasteiger partial charge in [-0.3, -0.25) is 4.79 Å². The molecule has 20 heavy (non-hydrogen) atoms. The normalized spacial score (nSPS) is 19.3. The molecule has 3 N–H and O–H groups in total. The first kappa shape index (κ1) is 15.4. The number of amides is 1. The van der Waals surface area contributed by atoms with Gasteiger partial charge in [-0.25, -0.2) is 0 Å². The van der Waals surface area contributed by atoms with Gasteiger partial charge in [0, 0.05) is 12.6 Å². The molecule has 0 bridgehead atoms. The summed E-state index contributed by atoms with van der Waals surface area (Å²) in [6.07, 6.45) is 2.42. The molecule has 0 aliphatic carbocycles. The van der Waals surface area contributed by atoms with Crippen LogP contribution in [0.1, 0.15) is 31.4 Å². The third-order valence-electron chi connectivity index (χ3n) is 4.04. The Morgan fingerprint density at radius 1 is 1.35 bits per heavy atom. The minimum atomic E-state index is -0.238. The van der Waals surface area contributed by atoms with Crippen LogP contribution in [0.3, 0.4) is 0 Å². The third kappa shape index (κ3) is 4.25. The Labute approximate surface area is 125 Å². The largest absolute Gasteiger partial charge is 0.356 e. The van der Waals surface area contributed by atoms with E-state index in [9.17, 15) is 4.79 Å². The summed E-state index contributed by atoms with van der Waals surface area (Å²) in [5, 5.41) is 3.07. The van der Waals surface area contributed by atoms with Crippen molar-refractivity contribution in [2.45, 2.75) is 25.8 Å². The average molecular weight is 292 g/mol. The first-order valence-electron chi connectivity index (χ1n) is 7.34. The lowest BCUT2D eigenvalue weighted by Crippen LogP contribution is -2.38. The summed E-state index contributed by atoms with van der Waals surface area (Å²) < 4.78 is 0. The number of hydrogen-bond donors (Lipinski definition) is 2. The van der Waals surface area contributed by atoms with Crippen LogP contribution in [0.4, 0.5) is 0 Å². The third-order valence-corrected chi connectivity index (χ3v) is 5.09. The van der Waals surface area contributed by atoms with E-state index in [0.29, 0.717) is 5.92 Å². The zero-order valence-electron chi connectivity index (χ0n) is 12.0. The van der Waals surface area contributed by atoms with E-state index >= 15 is 0 Å². The van der Waals surface area contributed by atoms with Crippen molar-refractivity contribution in [2.75, 3.05) is 18.1 Å². The number of hydrogen-bond acceptors (Lipinski definition) is 3. The molecule has 1 fully saturated rings. The lowest BCUT2D eigenvalue weighted by molar-refractivity contribution is -0.125. The summed E-state index contributed by atoms with van der Waals surface area (Å²) in [6, 6.07) is 9.60. The van der Waals surface area contributed by atoms with Crippen LogP contribution in [-0.2, 0) is 4.79 Å². The SMILES string of the molecule is CC(C(=O)NCC1CCSCC1)C(N)c1ccccc1. The highest BCUT2D eigenvalue weighted by Gasteiger charge is 2.23. The summed E-state index contributed by atoms with van der Waals surface area (Å²) in [7, 11) is 0. The van der Waals surface area contributed by atoms with Crippen LogP contribution in [-0.4, -0.2) is 24.0 Å². The van der Waals surface area contributed by atoms with Crippen molar-refractivity contribution in [3.05, 3.63) is 35.9 Å². The van der Waals surface area contributed by atoms with Gasteiger partial charge in [-0.05, 0) is 35.8 Å². The monoisotopic (exact) mass is 292 g/mol. The minimum Gasteiger partial charge on any atom is -0.356 e. The Bertz CT molecular complexity index is 418. The molecule has 1 aliphatic heterocycles. The van der Waals surface area contributed by atoms with E-state index < -0.39 is 0 Å². The molecule has 3 nitrogen and oxygen atoms in total. The molecule has 2 unspecified atom stereocenters. The lowest BCUT2D eigenvalue weighted by Gasteiger charge is -2.24. The molecule has 1 heterocycles. The zero-order valence-corrected chi connectivity index (χ0v) is 12.9. The Morgan fingerprint density at radius 2 is 2.00 bits per heavy atom. The maximum Gasteiger partial charge on any atom is 0.224 e. The second-order valence-corrected chi connectivity index (χ2v) is 6.75. The van der Waals surface area contributed by atoms with Crippen LogP contribution in [0.2, 0.25) is 0 Å². The van der Waals surface area contributed by atoms with E-state index in [2.05, 4.69) is 5.32 Å². The standard InChI is InChI=1S/C16H24N2OS/c1-12(15(17)14-5-3-2-4-6-14)16(19)18-11-13-7-9-20-10-8-13/h2-6,12-13,15H,7-11,17H2,1H3,(H,18,19). The molecular weight excluding hydrogens is 268 g/mol. The number of nitrogens with one attached hydrogen (secondary N) is 1. The van der Waals surface area contributed by atoms with Gasteiger partial charge in [0.05, 0.1) is 5.92 Å². The molecule has 110 valence electrons. The fourth-order valence-corrected chi connectivity index (χ4v) is 3.69. The van der Waals surface area contributed by atoms with Crippen molar-refractivity contribution >= 4 is 17.7 Å². The number of thioether (sulfide) groups is 1. The van der Waals surface area contributed by atoms with Crippen molar-refractivity contribution in [3.8, 4) is 0 Å². The van der Waals surface area contributed by atoms with E-state index in [4.69, 9.17) is 5.73 Å². The van der Waals surface area contributed by atoms with Crippen molar-refractivity contribution in [1.29, 1.82) is 0 Å². The second kappa shape index (κ2) is 7.70. The molecule has 0 aromatic heterocycles. The van der Waals surface area contributed by atoms with Crippen LogP contribution in [0.15, 0.2) is 30.3 Å². The van der Waals surface area contributed by atoms with E-state index in [1.807, 2.05) is 49.0 Å². The van der Waals surface area contributed by atoms with Gasteiger partial charge in [-0.1, -0.05) is 37.3 Å². The fraction of sp³-hybridized carbons (Fsp3) is 0.562. The Hall–Kier alpha value is -1.00. The van der Waals surface area contributed by atoms with Gasteiger partial charge in [0.1, 0.15) is 0 Å². The zero-order chi connectivity index (χ0) is 14.4. The molecule has 1 amide bonds. The summed E-state index contributed by atoms with van der Waals surface area (Å²) in [6.45, 7) is 2.70. The fourth-order valence-electron chi connectivity index (χ4n) is 2.48. The van der Waals surface area contributed by atoms with Crippen LogP contribution in [0, 0.1) is 11.8 Å². The predicted molar refractivity (Wildman–Crippen MR) is 85.6 cm³/mol. The molecule has 1 aromatic carbocycles. The summed E-state index contributed by atoms with van der Waals surface area (Å²) in [5.74, 6) is 2.95. The van der Waals surface area contributed by atoms with E-state index in [0.717, 1.165) is 12.1 Å². The predicted octanol–water partition coefficient (Wildman–Crippen LogP) is 2.58. The molecule has 1 aliphatic rings. The smallest absolute Gasteiger partial charge is 0.224 e. The highest BCUT2D eigenvalue weighted by atomic mass is 32.2. The van der Waals surface area contributed by atoms with Gasteiger partial charge in [0.2, 0.25) is 5.91 Å². The molecular formula is C16H24N2OS. The van der Waals surface area contributed by atoms with Gasteiger partial charge in [0.25, 0.3) is 0 Å². The summed E-state index contributed by atoms with van der Waals surface area (Å²) >= 11 is 2.01. The molecule has 4 heteroatoms. The number of nitrogens with two attached hydrogens (primary N) is 1. The van der Waals surface area contributed by atoms with Crippen LogP contribution < -0.4 is 11.1 Å². The van der Waals surface area contributed by atoms with Crippen molar-refractivity contribution in [3.63, 3.8) is 0 Å². The van der Waals surface area contributed by atoms with Crippen molar-refractivity contribution in [2.24, 2.45) is 17.6 Å². The van der Waals surface area contributed by atoms with Gasteiger partial charge < -0.3 is 11.1 Å². The molecule has 0 saturated carbocycles. The first-order chi connectivity index (χ1) is 9.68. The molecule has 1 saturated heterocycles. The Balaban J connectivity index is 1.82. The minimum absolute atomic E-state index is 0.0691. The van der Waals surface area contributed by atoms with Crippen LogP contribution in [0.5, 0.6) is 0 Å². The average Bonchev–Trinajstić information content (AvgIpc) is 2.53. The second-order valence-electron chi connectivity index (χ2n) is 5.53. The van der Waals surface area contributed by atoms with Crippen LogP contribution in [0.25, 0.3) is 0 Å². The molecule has 0 spiro atoms. The molecule has 2 atom stereocenters. The highest BCUT2D eigenvalue weighted by Crippen LogP contribution is 2.23.